The summed E-state index contributed by atoms with van der Waals surface area (Å²) in [5.74, 6) is 1.00. The van der Waals surface area contributed by atoms with Gasteiger partial charge in [0.15, 0.2) is 0 Å². The van der Waals surface area contributed by atoms with Crippen molar-refractivity contribution in [2.75, 3.05) is 19.6 Å². The zero-order valence-corrected chi connectivity index (χ0v) is 18.1. The molecule has 0 aromatic carbocycles. The molecule has 4 heterocycles. The molecule has 2 aromatic rings. The lowest BCUT2D eigenvalue weighted by molar-refractivity contribution is -0.136. The molecule has 2 aliphatic rings. The number of amides is 2. The molecule has 8 heteroatoms. The number of rotatable bonds is 4. The van der Waals surface area contributed by atoms with Crippen molar-refractivity contribution in [3.63, 3.8) is 0 Å². The minimum atomic E-state index is -0.165. The van der Waals surface area contributed by atoms with Crippen LogP contribution in [0.1, 0.15) is 66.5 Å². The van der Waals surface area contributed by atoms with Crippen LogP contribution in [0.15, 0.2) is 29.3 Å². The fourth-order valence-corrected chi connectivity index (χ4v) is 4.34. The van der Waals surface area contributed by atoms with E-state index in [1.807, 2.05) is 18.7 Å². The normalized spacial score (nSPS) is 17.9. The molecule has 0 saturated carbocycles. The highest BCUT2D eigenvalue weighted by Gasteiger charge is 2.30. The molecule has 1 saturated heterocycles. The number of nitrogens with one attached hydrogen (secondary N) is 1. The van der Waals surface area contributed by atoms with E-state index in [4.69, 9.17) is 4.98 Å². The lowest BCUT2D eigenvalue weighted by atomic mass is 9.94. The van der Waals surface area contributed by atoms with E-state index in [0.717, 1.165) is 25.0 Å². The Hall–Kier alpha value is -3.03. The molecule has 2 aliphatic heterocycles. The van der Waals surface area contributed by atoms with Crippen molar-refractivity contribution in [1.82, 2.24) is 24.8 Å². The van der Waals surface area contributed by atoms with Gasteiger partial charge in [-0.25, -0.2) is 4.98 Å². The predicted octanol–water partition coefficient (Wildman–Crippen LogP) is 2.12. The summed E-state index contributed by atoms with van der Waals surface area (Å²) in [5, 5.41) is 0. The van der Waals surface area contributed by atoms with Crippen LogP contribution < -0.4 is 5.56 Å². The highest BCUT2D eigenvalue weighted by Crippen LogP contribution is 2.27. The minimum absolute atomic E-state index is 0.0514. The number of aromatic amines is 1. The van der Waals surface area contributed by atoms with Gasteiger partial charge in [0.2, 0.25) is 5.91 Å². The Balaban J connectivity index is 1.45. The van der Waals surface area contributed by atoms with Crippen LogP contribution in [-0.2, 0) is 17.8 Å². The van der Waals surface area contributed by atoms with Crippen molar-refractivity contribution < 1.29 is 9.59 Å². The maximum Gasteiger partial charge on any atom is 0.256 e. The average Bonchev–Trinajstić information content (AvgIpc) is 2.83. The van der Waals surface area contributed by atoms with Crippen molar-refractivity contribution in [3.8, 4) is 0 Å². The summed E-state index contributed by atoms with van der Waals surface area (Å²) in [6.45, 7) is 6.18. The Kier molecular flexibility index (Phi) is 6.15. The van der Waals surface area contributed by atoms with Gasteiger partial charge in [0.05, 0.1) is 23.4 Å². The number of likely N-dealkylation sites (tertiary alicyclic amines) is 1. The topological polar surface area (TPSA) is 99.3 Å². The number of hydrogen-bond donors (Lipinski definition) is 1. The standard InChI is InChI=1S/C23H29N5O3/c1-3-15(2)22(30)27-10-6-16(7-11-27)20-25-19-8-12-28(14-18(19)21(29)26-20)23(31)17-5-4-9-24-13-17/h4-5,9,13,15-16H,3,6-8,10-12,14H2,1-2H3,(H,25,26,29). The highest BCUT2D eigenvalue weighted by molar-refractivity contribution is 5.94. The number of pyridine rings is 1. The molecule has 2 amide bonds. The van der Waals surface area contributed by atoms with Gasteiger partial charge in [-0.15, -0.1) is 0 Å². The third kappa shape index (κ3) is 4.38. The number of H-pyrrole nitrogens is 1. The maximum absolute atomic E-state index is 12.8. The van der Waals surface area contributed by atoms with Gasteiger partial charge in [-0.1, -0.05) is 13.8 Å². The van der Waals surface area contributed by atoms with E-state index in [1.54, 1.807) is 29.4 Å². The van der Waals surface area contributed by atoms with E-state index in [1.165, 1.54) is 0 Å². The maximum atomic E-state index is 12.8. The summed E-state index contributed by atoms with van der Waals surface area (Å²) in [6.07, 6.45) is 6.18. The second kappa shape index (κ2) is 8.99. The molecule has 2 aromatic heterocycles. The molecule has 4 rings (SSSR count). The van der Waals surface area contributed by atoms with Crippen LogP contribution in [0.25, 0.3) is 0 Å². The second-order valence-electron chi connectivity index (χ2n) is 8.50. The van der Waals surface area contributed by atoms with Crippen molar-refractivity contribution in [3.05, 3.63) is 57.5 Å². The largest absolute Gasteiger partial charge is 0.342 e. The van der Waals surface area contributed by atoms with E-state index in [-0.39, 0.29) is 35.8 Å². The molecule has 164 valence electrons. The Morgan fingerprint density at radius 1 is 1.23 bits per heavy atom. The molecule has 1 unspecified atom stereocenters. The van der Waals surface area contributed by atoms with Gasteiger partial charge in [-0.3, -0.25) is 19.4 Å². The van der Waals surface area contributed by atoms with Crippen molar-refractivity contribution >= 4 is 11.8 Å². The molecule has 0 spiro atoms. The van der Waals surface area contributed by atoms with Crippen LogP contribution in [0.4, 0.5) is 0 Å². The van der Waals surface area contributed by atoms with Gasteiger partial charge < -0.3 is 14.8 Å². The quantitative estimate of drug-likeness (QED) is 0.812. The molecule has 8 nitrogen and oxygen atoms in total. The summed E-state index contributed by atoms with van der Waals surface area (Å²) >= 11 is 0. The van der Waals surface area contributed by atoms with Crippen LogP contribution in [0, 0.1) is 5.92 Å². The summed E-state index contributed by atoms with van der Waals surface area (Å²) in [5.41, 5.74) is 1.70. The van der Waals surface area contributed by atoms with Crippen molar-refractivity contribution in [1.29, 1.82) is 0 Å². The van der Waals surface area contributed by atoms with E-state index >= 15 is 0 Å². The number of carbonyl (C=O) groups is 2. The van der Waals surface area contributed by atoms with E-state index in [0.29, 0.717) is 43.0 Å². The van der Waals surface area contributed by atoms with Crippen LogP contribution >= 0.6 is 0 Å². The first-order valence-electron chi connectivity index (χ1n) is 11.1. The monoisotopic (exact) mass is 423 g/mol. The number of hydrogen-bond acceptors (Lipinski definition) is 5. The van der Waals surface area contributed by atoms with Gasteiger partial charge in [0.1, 0.15) is 5.82 Å². The lowest BCUT2D eigenvalue weighted by Crippen LogP contribution is -2.42. The zero-order valence-electron chi connectivity index (χ0n) is 18.1. The Bertz CT molecular complexity index is 1010. The number of fused-ring (bicyclic) bond motifs is 1. The zero-order chi connectivity index (χ0) is 22.0. The third-order valence-electron chi connectivity index (χ3n) is 6.51. The van der Waals surface area contributed by atoms with Crippen LogP contribution in [0.2, 0.25) is 0 Å². The first-order chi connectivity index (χ1) is 15.0. The van der Waals surface area contributed by atoms with Crippen molar-refractivity contribution in [2.45, 2.75) is 52.0 Å². The molecule has 0 aliphatic carbocycles. The molecular weight excluding hydrogens is 394 g/mol. The summed E-state index contributed by atoms with van der Waals surface area (Å²) in [4.78, 5) is 53.3. The van der Waals surface area contributed by atoms with Gasteiger partial charge in [-0.2, -0.15) is 0 Å². The summed E-state index contributed by atoms with van der Waals surface area (Å²) < 4.78 is 0. The molecule has 1 N–H and O–H groups in total. The first kappa shape index (κ1) is 21.2. The first-order valence-corrected chi connectivity index (χ1v) is 11.1. The lowest BCUT2D eigenvalue weighted by Gasteiger charge is -2.33. The van der Waals surface area contributed by atoms with Crippen LogP contribution in [-0.4, -0.2) is 56.2 Å². The van der Waals surface area contributed by atoms with E-state index < -0.39 is 0 Å². The van der Waals surface area contributed by atoms with Crippen molar-refractivity contribution in [2.24, 2.45) is 5.92 Å². The average molecular weight is 424 g/mol. The number of nitrogens with zero attached hydrogens (tertiary/aromatic N) is 4. The Labute approximate surface area is 181 Å². The number of piperidine rings is 1. The fourth-order valence-electron chi connectivity index (χ4n) is 4.34. The molecular formula is C23H29N5O3. The molecule has 1 atom stereocenters. The van der Waals surface area contributed by atoms with Gasteiger partial charge in [0, 0.05) is 50.3 Å². The second-order valence-corrected chi connectivity index (χ2v) is 8.50. The molecule has 0 bridgehead atoms. The SMILES string of the molecule is CCC(C)C(=O)N1CCC(c2nc3c(c(=O)[nH]2)CN(C(=O)c2cccnc2)CC3)CC1. The van der Waals surface area contributed by atoms with Gasteiger partial charge in [-0.05, 0) is 31.4 Å². The highest BCUT2D eigenvalue weighted by atomic mass is 16.2. The van der Waals surface area contributed by atoms with Crippen LogP contribution in [0.3, 0.4) is 0 Å². The van der Waals surface area contributed by atoms with Gasteiger partial charge in [0.25, 0.3) is 11.5 Å². The number of aromatic nitrogens is 3. The minimum Gasteiger partial charge on any atom is -0.342 e. The summed E-state index contributed by atoms with van der Waals surface area (Å²) in [7, 11) is 0. The fraction of sp³-hybridized carbons (Fsp3) is 0.522. The number of carbonyl (C=O) groups excluding carboxylic acids is 2. The van der Waals surface area contributed by atoms with Crippen LogP contribution in [0.5, 0.6) is 0 Å². The third-order valence-corrected chi connectivity index (χ3v) is 6.51. The van der Waals surface area contributed by atoms with Gasteiger partial charge >= 0.3 is 0 Å². The molecule has 1 fully saturated rings. The molecule has 0 radical (unpaired) electrons. The molecule has 31 heavy (non-hydrogen) atoms. The predicted molar refractivity (Wildman–Crippen MR) is 116 cm³/mol. The Morgan fingerprint density at radius 2 is 2.00 bits per heavy atom. The summed E-state index contributed by atoms with van der Waals surface area (Å²) in [6, 6.07) is 3.46. The van der Waals surface area contributed by atoms with E-state index in [9.17, 15) is 14.4 Å². The smallest absolute Gasteiger partial charge is 0.256 e. The Morgan fingerprint density at radius 3 is 2.68 bits per heavy atom. The van der Waals surface area contributed by atoms with E-state index in [2.05, 4.69) is 9.97 Å².